The summed E-state index contributed by atoms with van der Waals surface area (Å²) in [5.74, 6) is 0.625. The fourth-order valence-electron chi connectivity index (χ4n) is 3.71. The summed E-state index contributed by atoms with van der Waals surface area (Å²) in [6.07, 6.45) is -0.560. The van der Waals surface area contributed by atoms with Crippen LogP contribution in [-0.4, -0.2) is 12.6 Å². The number of rotatable bonds is 1. The number of hydrogen-bond acceptors (Lipinski definition) is 3. The molecule has 0 unspecified atom stereocenters. The van der Waals surface area contributed by atoms with E-state index in [1.807, 2.05) is 51.1 Å². The molecule has 3 nitrogen and oxygen atoms in total. The van der Waals surface area contributed by atoms with Crippen molar-refractivity contribution in [1.29, 1.82) is 0 Å². The van der Waals surface area contributed by atoms with Gasteiger partial charge < -0.3 is 14.8 Å². The van der Waals surface area contributed by atoms with Crippen molar-refractivity contribution >= 4 is 11.3 Å². The molecule has 0 aromatic heterocycles. The van der Waals surface area contributed by atoms with Gasteiger partial charge in [0.1, 0.15) is 11.6 Å². The number of ether oxygens (including phenoxy) is 2. The van der Waals surface area contributed by atoms with Gasteiger partial charge in [-0.1, -0.05) is 24.3 Å². The summed E-state index contributed by atoms with van der Waals surface area (Å²) in [4.78, 5) is 0. The zero-order chi connectivity index (χ0) is 17.1. The first-order valence-corrected chi connectivity index (χ1v) is 8.05. The third-order valence-corrected chi connectivity index (χ3v) is 4.81. The van der Waals surface area contributed by atoms with Crippen LogP contribution in [-0.2, 0) is 4.74 Å². The third-order valence-electron chi connectivity index (χ3n) is 4.81. The molecule has 0 spiro atoms. The molecule has 1 atom stereocenters. The highest BCUT2D eigenvalue weighted by molar-refractivity contribution is 5.90. The second kappa shape index (κ2) is 5.08. The Kier molecular flexibility index (Phi) is 3.22. The van der Waals surface area contributed by atoms with Gasteiger partial charge in [0.25, 0.3) is 0 Å². The zero-order valence-corrected chi connectivity index (χ0v) is 14.2. The van der Waals surface area contributed by atoms with E-state index in [0.717, 1.165) is 33.7 Å². The van der Waals surface area contributed by atoms with Gasteiger partial charge >= 0.3 is 0 Å². The van der Waals surface area contributed by atoms with Crippen molar-refractivity contribution in [2.24, 2.45) is 0 Å². The van der Waals surface area contributed by atoms with Gasteiger partial charge in [0.2, 0.25) is 6.29 Å². The Hall–Kier alpha value is -2.33. The van der Waals surface area contributed by atoms with E-state index in [2.05, 4.69) is 11.4 Å². The van der Waals surface area contributed by atoms with Crippen LogP contribution in [0.4, 0.5) is 10.1 Å². The number of hydrogen-bond donors (Lipinski definition) is 1. The summed E-state index contributed by atoms with van der Waals surface area (Å²) in [6.45, 7) is 5.51. The van der Waals surface area contributed by atoms with Gasteiger partial charge in [0.05, 0.1) is 5.54 Å². The molecule has 4 heteroatoms. The molecular weight excluding hydrogens is 305 g/mol. The monoisotopic (exact) mass is 325 g/mol. The Bertz CT molecular complexity index is 870. The van der Waals surface area contributed by atoms with Crippen LogP contribution in [0.2, 0.25) is 0 Å². The average molecular weight is 325 g/mol. The molecule has 0 saturated carbocycles. The number of methoxy groups -OCH3 is 1. The molecule has 2 aliphatic rings. The van der Waals surface area contributed by atoms with Crippen molar-refractivity contribution in [1.82, 2.24) is 0 Å². The van der Waals surface area contributed by atoms with Gasteiger partial charge in [0, 0.05) is 29.5 Å². The molecule has 24 heavy (non-hydrogen) atoms. The van der Waals surface area contributed by atoms with Crippen molar-refractivity contribution in [3.05, 3.63) is 53.4 Å². The number of halogens is 1. The SMILES string of the molecule is CO[C@@H]1Oc2ccccc2-c2ccc3c(c21)C(C)=C(F)C(C)(C)N3. The van der Waals surface area contributed by atoms with E-state index < -0.39 is 11.8 Å². The van der Waals surface area contributed by atoms with Gasteiger partial charge in [0.15, 0.2) is 0 Å². The number of benzene rings is 2. The summed E-state index contributed by atoms with van der Waals surface area (Å²) in [5, 5.41) is 3.29. The molecule has 2 aromatic rings. The molecule has 0 aliphatic carbocycles. The minimum atomic E-state index is -0.721. The lowest BCUT2D eigenvalue weighted by molar-refractivity contribution is -0.0579. The van der Waals surface area contributed by atoms with Crippen LogP contribution < -0.4 is 10.1 Å². The smallest absolute Gasteiger partial charge is 0.227 e. The van der Waals surface area contributed by atoms with Crippen LogP contribution in [0.15, 0.2) is 42.2 Å². The van der Waals surface area contributed by atoms with Gasteiger partial charge in [-0.2, -0.15) is 0 Å². The fourth-order valence-corrected chi connectivity index (χ4v) is 3.71. The Labute approximate surface area is 141 Å². The topological polar surface area (TPSA) is 30.5 Å². The highest BCUT2D eigenvalue weighted by Gasteiger charge is 2.37. The number of anilines is 1. The minimum absolute atomic E-state index is 0.155. The van der Waals surface area contributed by atoms with Crippen molar-refractivity contribution < 1.29 is 13.9 Å². The van der Waals surface area contributed by atoms with Gasteiger partial charge in [-0.15, -0.1) is 0 Å². The molecule has 0 amide bonds. The van der Waals surface area contributed by atoms with E-state index in [1.54, 1.807) is 7.11 Å². The largest absolute Gasteiger partial charge is 0.460 e. The molecule has 2 aromatic carbocycles. The van der Waals surface area contributed by atoms with Crippen LogP contribution in [0.1, 0.15) is 38.2 Å². The number of fused-ring (bicyclic) bond motifs is 5. The van der Waals surface area contributed by atoms with E-state index >= 15 is 0 Å². The predicted octanol–water partition coefficient (Wildman–Crippen LogP) is 5.30. The molecule has 4 rings (SSSR count). The Morgan fingerprint density at radius 2 is 1.88 bits per heavy atom. The second-order valence-electron chi connectivity index (χ2n) is 6.82. The molecule has 124 valence electrons. The highest BCUT2D eigenvalue weighted by Crippen LogP contribution is 2.50. The normalized spacial score (nSPS) is 20.5. The number of para-hydroxylation sites is 1. The molecule has 1 N–H and O–H groups in total. The van der Waals surface area contributed by atoms with Crippen LogP contribution in [0, 0.1) is 0 Å². The molecular formula is C20H20FNO2. The first-order valence-electron chi connectivity index (χ1n) is 8.05. The van der Waals surface area contributed by atoms with Gasteiger partial charge in [-0.25, -0.2) is 4.39 Å². The summed E-state index contributed by atoms with van der Waals surface area (Å²) >= 11 is 0. The Morgan fingerprint density at radius 1 is 1.12 bits per heavy atom. The lowest BCUT2D eigenvalue weighted by Gasteiger charge is -2.37. The van der Waals surface area contributed by atoms with Crippen LogP contribution in [0.25, 0.3) is 16.7 Å². The van der Waals surface area contributed by atoms with E-state index in [4.69, 9.17) is 9.47 Å². The summed E-state index contributed by atoms with van der Waals surface area (Å²) in [6, 6.07) is 11.9. The van der Waals surface area contributed by atoms with Crippen molar-refractivity contribution in [2.75, 3.05) is 12.4 Å². The van der Waals surface area contributed by atoms with Crippen molar-refractivity contribution in [2.45, 2.75) is 32.6 Å². The average Bonchev–Trinajstić information content (AvgIpc) is 2.58. The quantitative estimate of drug-likeness (QED) is 0.772. The third kappa shape index (κ3) is 1.99. The second-order valence-corrected chi connectivity index (χ2v) is 6.82. The minimum Gasteiger partial charge on any atom is -0.460 e. The molecule has 0 radical (unpaired) electrons. The molecule has 0 saturated heterocycles. The molecule has 0 bridgehead atoms. The lowest BCUT2D eigenvalue weighted by atomic mass is 9.83. The first-order chi connectivity index (χ1) is 11.4. The number of allylic oxidation sites excluding steroid dienone is 1. The first kappa shape index (κ1) is 15.2. The number of nitrogens with one attached hydrogen (secondary N) is 1. The van der Waals surface area contributed by atoms with E-state index in [1.165, 1.54) is 0 Å². The van der Waals surface area contributed by atoms with Gasteiger partial charge in [-0.3, -0.25) is 0 Å². The maximum absolute atomic E-state index is 14.9. The molecule has 2 heterocycles. The van der Waals surface area contributed by atoms with Crippen LogP contribution in [0.5, 0.6) is 5.75 Å². The maximum Gasteiger partial charge on any atom is 0.227 e. The highest BCUT2D eigenvalue weighted by atomic mass is 19.1. The van der Waals surface area contributed by atoms with Crippen LogP contribution >= 0.6 is 0 Å². The van der Waals surface area contributed by atoms with E-state index in [9.17, 15) is 4.39 Å². The van der Waals surface area contributed by atoms with E-state index in [-0.39, 0.29) is 5.83 Å². The Morgan fingerprint density at radius 3 is 2.62 bits per heavy atom. The van der Waals surface area contributed by atoms with Crippen molar-refractivity contribution in [3.63, 3.8) is 0 Å². The molecule has 0 fully saturated rings. The van der Waals surface area contributed by atoms with Crippen LogP contribution in [0.3, 0.4) is 0 Å². The standard InChI is InChI=1S/C20H20FNO2/c1-11-16-14(22-20(2,3)18(11)21)10-9-13-12-7-5-6-8-15(12)24-19(23-4)17(13)16/h5-10,19,22H,1-4H3/t19-/m1/s1. The summed E-state index contributed by atoms with van der Waals surface area (Å²) in [5.41, 5.74) is 4.56. The fraction of sp³-hybridized carbons (Fsp3) is 0.300. The zero-order valence-electron chi connectivity index (χ0n) is 14.2. The lowest BCUT2D eigenvalue weighted by Crippen LogP contribution is -2.36. The molecule has 2 aliphatic heterocycles. The Balaban J connectivity index is 2.04. The van der Waals surface area contributed by atoms with Crippen molar-refractivity contribution in [3.8, 4) is 16.9 Å². The summed E-state index contributed by atoms with van der Waals surface area (Å²) < 4.78 is 26.5. The predicted molar refractivity (Wildman–Crippen MR) is 93.7 cm³/mol. The summed E-state index contributed by atoms with van der Waals surface area (Å²) in [7, 11) is 1.61. The van der Waals surface area contributed by atoms with Gasteiger partial charge in [-0.05, 0) is 44.0 Å². The maximum atomic E-state index is 14.9. The van der Waals surface area contributed by atoms with E-state index in [0.29, 0.717) is 5.57 Å².